The Morgan fingerprint density at radius 3 is 2.35 bits per heavy atom. The zero-order chi connectivity index (χ0) is 22.2. The third-order valence-electron chi connectivity index (χ3n) is 6.13. The number of nitrogens with zero attached hydrogens (tertiary/aromatic N) is 2. The maximum absolute atomic E-state index is 12.4. The Morgan fingerprint density at radius 2 is 1.74 bits per heavy atom. The molecule has 2 amide bonds. The van der Waals surface area contributed by atoms with Crippen molar-refractivity contribution in [1.82, 2.24) is 4.90 Å². The molecule has 2 aromatic carbocycles. The van der Waals surface area contributed by atoms with Crippen LogP contribution in [-0.4, -0.2) is 42.9 Å². The minimum absolute atomic E-state index is 0.120. The molecule has 0 aliphatic carbocycles. The first-order valence-corrected chi connectivity index (χ1v) is 11.0. The normalized spacial score (nSPS) is 15.4. The average molecular weight is 424 g/mol. The van der Waals surface area contributed by atoms with Gasteiger partial charge in [-0.1, -0.05) is 37.3 Å². The molecule has 1 aliphatic rings. The van der Waals surface area contributed by atoms with Crippen LogP contribution in [0.15, 0.2) is 54.6 Å². The number of hydrogen-bond donors (Lipinski definition) is 1. The molecular formula is C25H33N3O3. The zero-order valence-corrected chi connectivity index (χ0v) is 18.5. The smallest absolute Gasteiger partial charge is 0.222 e. The molecule has 6 heteroatoms. The third kappa shape index (κ3) is 6.48. The number of hydrogen-bond acceptors (Lipinski definition) is 4. The number of benzene rings is 2. The van der Waals surface area contributed by atoms with Crippen molar-refractivity contribution in [2.45, 2.75) is 45.3 Å². The van der Waals surface area contributed by atoms with Crippen molar-refractivity contribution >= 4 is 17.5 Å². The predicted molar refractivity (Wildman–Crippen MR) is 123 cm³/mol. The fraction of sp³-hybridized carbons (Fsp3) is 0.440. The van der Waals surface area contributed by atoms with Crippen molar-refractivity contribution in [3.8, 4) is 5.75 Å². The number of rotatable bonds is 9. The Kier molecular flexibility index (Phi) is 7.93. The lowest BCUT2D eigenvalue weighted by atomic mass is 10.0. The first-order chi connectivity index (χ1) is 14.9. The van der Waals surface area contributed by atoms with Gasteiger partial charge in [0.1, 0.15) is 12.4 Å². The van der Waals surface area contributed by atoms with Crippen molar-refractivity contribution in [1.29, 1.82) is 0 Å². The molecule has 0 radical (unpaired) electrons. The van der Waals surface area contributed by atoms with Crippen molar-refractivity contribution in [3.63, 3.8) is 0 Å². The lowest BCUT2D eigenvalue weighted by Gasteiger charge is -2.38. The Morgan fingerprint density at radius 1 is 1.10 bits per heavy atom. The Balaban J connectivity index is 1.45. The highest BCUT2D eigenvalue weighted by Gasteiger charge is 2.26. The van der Waals surface area contributed by atoms with Gasteiger partial charge in [-0.05, 0) is 49.1 Å². The van der Waals surface area contributed by atoms with Gasteiger partial charge in [0, 0.05) is 44.2 Å². The standard InChI is InChI=1S/C25H33N3O3/c1-19(25(26)30)8-13-24(29)28-16-14-22(15-17-28)27(2)21-9-11-23(12-10-21)31-18-20-6-4-3-5-7-20/h3-7,9-12,19,22H,8,13-18H2,1-2H3,(H2,26,30). The van der Waals surface area contributed by atoms with Crippen LogP contribution in [-0.2, 0) is 16.2 Å². The number of ether oxygens (including phenoxy) is 1. The number of carbonyl (C=O) groups is 2. The van der Waals surface area contributed by atoms with E-state index in [1.54, 1.807) is 6.92 Å². The quantitative estimate of drug-likeness (QED) is 0.669. The summed E-state index contributed by atoms with van der Waals surface area (Å²) in [6.07, 6.45) is 2.77. The lowest BCUT2D eigenvalue weighted by molar-refractivity contribution is -0.132. The highest BCUT2D eigenvalue weighted by atomic mass is 16.5. The van der Waals surface area contributed by atoms with E-state index in [9.17, 15) is 9.59 Å². The predicted octanol–water partition coefficient (Wildman–Crippen LogP) is 3.59. The molecule has 0 bridgehead atoms. The van der Waals surface area contributed by atoms with Crippen LogP contribution in [0.5, 0.6) is 5.75 Å². The van der Waals surface area contributed by atoms with Crippen molar-refractivity contribution in [2.24, 2.45) is 11.7 Å². The van der Waals surface area contributed by atoms with Crippen LogP contribution in [0, 0.1) is 5.92 Å². The Bertz CT molecular complexity index is 846. The van der Waals surface area contributed by atoms with Crippen molar-refractivity contribution < 1.29 is 14.3 Å². The molecule has 2 aromatic rings. The van der Waals surface area contributed by atoms with Gasteiger partial charge in [-0.25, -0.2) is 0 Å². The number of carbonyl (C=O) groups excluding carboxylic acids is 2. The van der Waals surface area contributed by atoms with E-state index in [4.69, 9.17) is 10.5 Å². The van der Waals surface area contributed by atoms with Crippen LogP contribution < -0.4 is 15.4 Å². The summed E-state index contributed by atoms with van der Waals surface area (Å²) in [5.41, 5.74) is 7.58. The molecular weight excluding hydrogens is 390 g/mol. The van der Waals surface area contributed by atoms with E-state index in [0.717, 1.165) is 42.9 Å². The molecule has 1 fully saturated rings. The number of anilines is 1. The van der Waals surface area contributed by atoms with Gasteiger partial charge in [-0.3, -0.25) is 9.59 Å². The van der Waals surface area contributed by atoms with Crippen LogP contribution in [0.2, 0.25) is 0 Å². The molecule has 0 saturated carbocycles. The zero-order valence-electron chi connectivity index (χ0n) is 18.5. The summed E-state index contributed by atoms with van der Waals surface area (Å²) < 4.78 is 5.88. The Labute approximate surface area is 185 Å². The molecule has 166 valence electrons. The molecule has 1 aliphatic heterocycles. The Hall–Kier alpha value is -3.02. The van der Waals surface area contributed by atoms with Crippen LogP contribution in [0.3, 0.4) is 0 Å². The molecule has 1 heterocycles. The van der Waals surface area contributed by atoms with Gasteiger partial charge in [0.25, 0.3) is 0 Å². The van der Waals surface area contributed by atoms with Crippen molar-refractivity contribution in [3.05, 3.63) is 60.2 Å². The monoisotopic (exact) mass is 423 g/mol. The van der Waals surface area contributed by atoms with E-state index in [1.807, 2.05) is 35.2 Å². The second kappa shape index (κ2) is 10.8. The molecule has 1 atom stereocenters. The maximum Gasteiger partial charge on any atom is 0.222 e. The summed E-state index contributed by atoms with van der Waals surface area (Å²) in [6.45, 7) is 3.82. The molecule has 3 rings (SSSR count). The SMILES string of the molecule is CC(CCC(=O)N1CCC(N(C)c2ccc(OCc3ccccc3)cc2)CC1)C(N)=O. The lowest BCUT2D eigenvalue weighted by Crippen LogP contribution is -2.45. The highest BCUT2D eigenvalue weighted by Crippen LogP contribution is 2.25. The first kappa shape index (κ1) is 22.7. The number of amides is 2. The summed E-state index contributed by atoms with van der Waals surface area (Å²) in [7, 11) is 2.11. The van der Waals surface area contributed by atoms with Crippen LogP contribution in [0.25, 0.3) is 0 Å². The first-order valence-electron chi connectivity index (χ1n) is 11.0. The molecule has 0 spiro atoms. The largest absolute Gasteiger partial charge is 0.489 e. The summed E-state index contributed by atoms with van der Waals surface area (Å²) in [4.78, 5) is 27.8. The van der Waals surface area contributed by atoms with Gasteiger partial charge in [0.05, 0.1) is 0 Å². The number of piperidine rings is 1. The third-order valence-corrected chi connectivity index (χ3v) is 6.13. The van der Waals surface area contributed by atoms with Gasteiger partial charge in [-0.15, -0.1) is 0 Å². The minimum Gasteiger partial charge on any atom is -0.489 e. The van der Waals surface area contributed by atoms with Gasteiger partial charge in [0.15, 0.2) is 0 Å². The van der Waals surface area contributed by atoms with Crippen LogP contribution in [0.1, 0.15) is 38.2 Å². The maximum atomic E-state index is 12.4. The van der Waals surface area contributed by atoms with E-state index < -0.39 is 0 Å². The van der Waals surface area contributed by atoms with E-state index in [1.165, 1.54) is 0 Å². The fourth-order valence-corrected chi connectivity index (χ4v) is 3.87. The molecule has 31 heavy (non-hydrogen) atoms. The number of likely N-dealkylation sites (tertiary alicyclic amines) is 1. The number of primary amides is 1. The van der Waals surface area contributed by atoms with Crippen LogP contribution in [0.4, 0.5) is 5.69 Å². The topological polar surface area (TPSA) is 75.9 Å². The fourth-order valence-electron chi connectivity index (χ4n) is 3.87. The average Bonchev–Trinajstić information content (AvgIpc) is 2.81. The van der Waals surface area contributed by atoms with Gasteiger partial charge >= 0.3 is 0 Å². The summed E-state index contributed by atoms with van der Waals surface area (Å²) >= 11 is 0. The van der Waals surface area contributed by atoms with E-state index in [2.05, 4.69) is 36.2 Å². The van der Waals surface area contributed by atoms with E-state index >= 15 is 0 Å². The molecule has 0 aromatic heterocycles. The van der Waals surface area contributed by atoms with Crippen LogP contribution >= 0.6 is 0 Å². The molecule has 1 unspecified atom stereocenters. The second-order valence-electron chi connectivity index (χ2n) is 8.33. The molecule has 1 saturated heterocycles. The van der Waals surface area contributed by atoms with E-state index in [-0.39, 0.29) is 17.7 Å². The van der Waals surface area contributed by atoms with Gasteiger partial charge < -0.3 is 20.3 Å². The number of nitrogens with two attached hydrogens (primary N) is 1. The summed E-state index contributed by atoms with van der Waals surface area (Å²) in [6, 6.07) is 18.7. The molecule has 6 nitrogen and oxygen atoms in total. The van der Waals surface area contributed by atoms with Gasteiger partial charge in [0.2, 0.25) is 11.8 Å². The van der Waals surface area contributed by atoms with Crippen molar-refractivity contribution in [2.75, 3.05) is 25.0 Å². The second-order valence-corrected chi connectivity index (χ2v) is 8.33. The summed E-state index contributed by atoms with van der Waals surface area (Å²) in [5.74, 6) is 0.373. The highest BCUT2D eigenvalue weighted by molar-refractivity contribution is 5.79. The molecule has 2 N–H and O–H groups in total. The van der Waals surface area contributed by atoms with E-state index in [0.29, 0.717) is 25.5 Å². The summed E-state index contributed by atoms with van der Waals surface area (Å²) in [5, 5.41) is 0. The minimum atomic E-state index is -0.343. The van der Waals surface area contributed by atoms with Gasteiger partial charge in [-0.2, -0.15) is 0 Å².